The standard InChI is InChI=1S/C14H19N3/c1-11-8-14(16)6-7-17(11)10-13-4-2-12(9-15)3-5-13/h2-5,11,14H,6-8,10,16H2,1H3. The Morgan fingerprint density at radius 2 is 2.12 bits per heavy atom. The number of nitrogens with two attached hydrogens (primary N) is 1. The van der Waals surface area contributed by atoms with Crippen molar-refractivity contribution in [1.82, 2.24) is 4.90 Å². The summed E-state index contributed by atoms with van der Waals surface area (Å²) in [7, 11) is 0. The van der Waals surface area contributed by atoms with Gasteiger partial charge in [-0.3, -0.25) is 4.90 Å². The molecule has 3 heteroatoms. The number of likely N-dealkylation sites (tertiary alicyclic amines) is 1. The molecular formula is C14H19N3. The van der Waals surface area contributed by atoms with E-state index in [-0.39, 0.29) is 0 Å². The van der Waals surface area contributed by atoms with Crippen LogP contribution >= 0.6 is 0 Å². The van der Waals surface area contributed by atoms with Crippen LogP contribution in [-0.4, -0.2) is 23.5 Å². The Hall–Kier alpha value is -1.37. The highest BCUT2D eigenvalue weighted by Crippen LogP contribution is 2.18. The number of hydrogen-bond donors (Lipinski definition) is 1. The van der Waals surface area contributed by atoms with Gasteiger partial charge in [-0.15, -0.1) is 0 Å². The van der Waals surface area contributed by atoms with Gasteiger partial charge in [0.15, 0.2) is 0 Å². The molecule has 2 rings (SSSR count). The van der Waals surface area contributed by atoms with Crippen LogP contribution in [0.1, 0.15) is 30.9 Å². The maximum absolute atomic E-state index is 8.75. The van der Waals surface area contributed by atoms with Gasteiger partial charge in [0.1, 0.15) is 0 Å². The monoisotopic (exact) mass is 229 g/mol. The highest BCUT2D eigenvalue weighted by Gasteiger charge is 2.22. The molecule has 1 aliphatic rings. The van der Waals surface area contributed by atoms with Crippen LogP contribution in [0, 0.1) is 11.3 Å². The molecule has 90 valence electrons. The van der Waals surface area contributed by atoms with Gasteiger partial charge in [0.2, 0.25) is 0 Å². The first-order chi connectivity index (χ1) is 8.19. The summed E-state index contributed by atoms with van der Waals surface area (Å²) >= 11 is 0. The Morgan fingerprint density at radius 1 is 1.41 bits per heavy atom. The van der Waals surface area contributed by atoms with Gasteiger partial charge in [-0.25, -0.2) is 0 Å². The second-order valence-corrected chi connectivity index (χ2v) is 4.91. The van der Waals surface area contributed by atoms with Gasteiger partial charge in [-0.2, -0.15) is 5.26 Å². The first kappa shape index (κ1) is 12.1. The SMILES string of the molecule is CC1CC(N)CCN1Cc1ccc(C#N)cc1. The van der Waals surface area contributed by atoms with E-state index in [0.29, 0.717) is 12.1 Å². The molecule has 3 nitrogen and oxygen atoms in total. The molecule has 0 radical (unpaired) electrons. The van der Waals surface area contributed by atoms with E-state index in [1.54, 1.807) is 0 Å². The molecule has 0 saturated carbocycles. The van der Waals surface area contributed by atoms with Crippen molar-refractivity contribution in [2.45, 2.75) is 38.4 Å². The maximum atomic E-state index is 8.75. The van der Waals surface area contributed by atoms with Crippen molar-refractivity contribution < 1.29 is 0 Å². The number of piperidine rings is 1. The third-order valence-electron chi connectivity index (χ3n) is 3.52. The van der Waals surface area contributed by atoms with Crippen molar-refractivity contribution in [3.05, 3.63) is 35.4 Å². The molecule has 2 N–H and O–H groups in total. The lowest BCUT2D eigenvalue weighted by Gasteiger charge is -2.36. The molecule has 0 bridgehead atoms. The predicted molar refractivity (Wildman–Crippen MR) is 68.2 cm³/mol. The quantitative estimate of drug-likeness (QED) is 0.842. The number of benzene rings is 1. The molecule has 0 aliphatic carbocycles. The van der Waals surface area contributed by atoms with Crippen LogP contribution < -0.4 is 5.73 Å². The van der Waals surface area contributed by atoms with E-state index < -0.39 is 0 Å². The van der Waals surface area contributed by atoms with E-state index >= 15 is 0 Å². The van der Waals surface area contributed by atoms with Gasteiger partial charge in [-0.05, 0) is 37.5 Å². The molecule has 2 atom stereocenters. The average molecular weight is 229 g/mol. The van der Waals surface area contributed by atoms with Crippen LogP contribution in [-0.2, 0) is 6.54 Å². The first-order valence-electron chi connectivity index (χ1n) is 6.17. The van der Waals surface area contributed by atoms with Crippen molar-refractivity contribution in [1.29, 1.82) is 5.26 Å². The van der Waals surface area contributed by atoms with E-state index in [4.69, 9.17) is 11.0 Å². The summed E-state index contributed by atoms with van der Waals surface area (Å²) in [5.74, 6) is 0. The average Bonchev–Trinajstić information content (AvgIpc) is 2.34. The lowest BCUT2D eigenvalue weighted by Crippen LogP contribution is -2.44. The Bertz CT molecular complexity index is 404. The Kier molecular flexibility index (Phi) is 3.78. The van der Waals surface area contributed by atoms with Crippen LogP contribution in [0.2, 0.25) is 0 Å². The minimum Gasteiger partial charge on any atom is -0.328 e. The normalized spacial score (nSPS) is 25.5. The number of nitrogens with zero attached hydrogens (tertiary/aromatic N) is 2. The fraction of sp³-hybridized carbons (Fsp3) is 0.500. The zero-order valence-electron chi connectivity index (χ0n) is 10.3. The van der Waals surface area contributed by atoms with Crippen LogP contribution in [0.15, 0.2) is 24.3 Å². The lowest BCUT2D eigenvalue weighted by molar-refractivity contribution is 0.140. The van der Waals surface area contributed by atoms with E-state index in [1.807, 2.05) is 24.3 Å². The third kappa shape index (κ3) is 3.06. The summed E-state index contributed by atoms with van der Waals surface area (Å²) in [6.07, 6.45) is 2.16. The van der Waals surface area contributed by atoms with Crippen molar-refractivity contribution in [3.8, 4) is 6.07 Å². The van der Waals surface area contributed by atoms with Crippen molar-refractivity contribution in [2.24, 2.45) is 5.73 Å². The molecule has 17 heavy (non-hydrogen) atoms. The topological polar surface area (TPSA) is 53.0 Å². The van der Waals surface area contributed by atoms with Crippen LogP contribution in [0.3, 0.4) is 0 Å². The summed E-state index contributed by atoms with van der Waals surface area (Å²) in [6, 6.07) is 10.9. The van der Waals surface area contributed by atoms with Gasteiger partial charge in [-0.1, -0.05) is 12.1 Å². The minimum atomic E-state index is 0.363. The second kappa shape index (κ2) is 5.31. The number of nitriles is 1. The fourth-order valence-corrected chi connectivity index (χ4v) is 2.41. The van der Waals surface area contributed by atoms with Gasteiger partial charge in [0.05, 0.1) is 11.6 Å². The zero-order chi connectivity index (χ0) is 12.3. The molecule has 1 aromatic rings. The summed E-state index contributed by atoms with van der Waals surface area (Å²) in [5.41, 5.74) is 7.95. The summed E-state index contributed by atoms with van der Waals surface area (Å²) in [5, 5.41) is 8.75. The molecule has 1 saturated heterocycles. The van der Waals surface area contributed by atoms with E-state index in [9.17, 15) is 0 Å². The summed E-state index contributed by atoms with van der Waals surface area (Å²) < 4.78 is 0. The molecule has 1 heterocycles. The van der Waals surface area contributed by atoms with Crippen molar-refractivity contribution in [2.75, 3.05) is 6.54 Å². The highest BCUT2D eigenvalue weighted by atomic mass is 15.2. The fourth-order valence-electron chi connectivity index (χ4n) is 2.41. The smallest absolute Gasteiger partial charge is 0.0991 e. The number of rotatable bonds is 2. The van der Waals surface area contributed by atoms with Gasteiger partial charge < -0.3 is 5.73 Å². The van der Waals surface area contributed by atoms with Gasteiger partial charge >= 0.3 is 0 Å². The molecule has 1 fully saturated rings. The molecule has 0 aromatic heterocycles. The molecular weight excluding hydrogens is 210 g/mol. The molecule has 0 spiro atoms. The van der Waals surface area contributed by atoms with E-state index in [0.717, 1.165) is 31.5 Å². The highest BCUT2D eigenvalue weighted by molar-refractivity contribution is 5.31. The van der Waals surface area contributed by atoms with Gasteiger partial charge in [0.25, 0.3) is 0 Å². The molecule has 1 aromatic carbocycles. The molecule has 2 unspecified atom stereocenters. The Labute approximate surface area is 103 Å². The Balaban J connectivity index is 1.98. The summed E-state index contributed by atoms with van der Waals surface area (Å²) in [4.78, 5) is 2.46. The third-order valence-corrected chi connectivity index (χ3v) is 3.52. The maximum Gasteiger partial charge on any atom is 0.0991 e. The van der Waals surface area contributed by atoms with Gasteiger partial charge in [0, 0.05) is 25.2 Å². The second-order valence-electron chi connectivity index (χ2n) is 4.91. The van der Waals surface area contributed by atoms with Crippen molar-refractivity contribution >= 4 is 0 Å². The van der Waals surface area contributed by atoms with Crippen molar-refractivity contribution in [3.63, 3.8) is 0 Å². The first-order valence-corrected chi connectivity index (χ1v) is 6.17. The van der Waals surface area contributed by atoms with E-state index in [2.05, 4.69) is 17.9 Å². The molecule has 0 amide bonds. The van der Waals surface area contributed by atoms with Crippen LogP contribution in [0.5, 0.6) is 0 Å². The predicted octanol–water partition coefficient (Wildman–Crippen LogP) is 1.87. The number of hydrogen-bond acceptors (Lipinski definition) is 3. The van der Waals surface area contributed by atoms with Crippen LogP contribution in [0.25, 0.3) is 0 Å². The lowest BCUT2D eigenvalue weighted by atomic mass is 9.98. The Morgan fingerprint density at radius 3 is 2.71 bits per heavy atom. The summed E-state index contributed by atoms with van der Waals surface area (Å²) in [6.45, 7) is 4.27. The minimum absolute atomic E-state index is 0.363. The van der Waals surface area contributed by atoms with E-state index in [1.165, 1.54) is 5.56 Å². The zero-order valence-corrected chi connectivity index (χ0v) is 10.3. The largest absolute Gasteiger partial charge is 0.328 e. The molecule has 1 aliphatic heterocycles. The van der Waals surface area contributed by atoms with Crippen LogP contribution in [0.4, 0.5) is 0 Å².